The van der Waals surface area contributed by atoms with Gasteiger partial charge in [-0.3, -0.25) is 0 Å². The van der Waals surface area contributed by atoms with Crippen molar-refractivity contribution in [2.24, 2.45) is 5.41 Å². The smallest absolute Gasteiger partial charge is 0.156 e. The molecule has 0 aliphatic heterocycles. The third kappa shape index (κ3) is 5.03. The van der Waals surface area contributed by atoms with Gasteiger partial charge in [-0.05, 0) is 36.8 Å². The maximum absolute atomic E-state index is 9.97. The summed E-state index contributed by atoms with van der Waals surface area (Å²) in [5.74, 6) is 0.435. The Bertz CT molecular complexity index is 443. The monoisotopic (exact) mass is 331 g/mol. The van der Waals surface area contributed by atoms with Crippen LogP contribution < -0.4 is 10.1 Å². The molecule has 0 heterocycles. The molecule has 1 unspecified atom stereocenters. The fourth-order valence-corrected chi connectivity index (χ4v) is 3.09. The molecule has 1 aromatic rings. The zero-order valence-electron chi connectivity index (χ0n) is 12.4. The molecule has 0 radical (unpaired) electrons. The van der Waals surface area contributed by atoms with E-state index in [-0.39, 0.29) is 6.61 Å². The summed E-state index contributed by atoms with van der Waals surface area (Å²) in [6.07, 6.45) is 4.51. The van der Waals surface area contributed by atoms with Crippen LogP contribution in [-0.2, 0) is 0 Å². The maximum atomic E-state index is 9.97. The zero-order valence-corrected chi connectivity index (χ0v) is 13.9. The van der Waals surface area contributed by atoms with E-state index in [1.165, 1.54) is 25.7 Å². The van der Waals surface area contributed by atoms with E-state index >= 15 is 0 Å². The third-order valence-corrected chi connectivity index (χ3v) is 4.55. The van der Waals surface area contributed by atoms with Gasteiger partial charge in [0.2, 0.25) is 0 Å². The Labute approximate surface area is 136 Å². The van der Waals surface area contributed by atoms with E-state index in [0.717, 1.165) is 6.54 Å². The molecule has 21 heavy (non-hydrogen) atoms. The Morgan fingerprint density at radius 2 is 2.00 bits per heavy atom. The van der Waals surface area contributed by atoms with Crippen LogP contribution in [0.4, 0.5) is 0 Å². The van der Waals surface area contributed by atoms with E-state index in [1.807, 2.05) is 0 Å². The van der Waals surface area contributed by atoms with Crippen LogP contribution >= 0.6 is 23.2 Å². The molecule has 1 aliphatic rings. The molecule has 0 saturated heterocycles. The van der Waals surface area contributed by atoms with Crippen molar-refractivity contribution >= 4 is 23.2 Å². The lowest BCUT2D eigenvalue weighted by atomic mass is 10.0. The molecular weight excluding hydrogens is 309 g/mol. The highest BCUT2D eigenvalue weighted by molar-refractivity contribution is 6.37. The topological polar surface area (TPSA) is 41.5 Å². The summed E-state index contributed by atoms with van der Waals surface area (Å²) >= 11 is 12.0. The summed E-state index contributed by atoms with van der Waals surface area (Å²) in [6.45, 7) is 3.89. The van der Waals surface area contributed by atoms with Gasteiger partial charge >= 0.3 is 0 Å². The summed E-state index contributed by atoms with van der Waals surface area (Å²) in [6, 6.07) is 5.20. The average molecular weight is 332 g/mol. The van der Waals surface area contributed by atoms with Gasteiger partial charge in [0.25, 0.3) is 0 Å². The molecule has 1 fully saturated rings. The lowest BCUT2D eigenvalue weighted by Gasteiger charge is -2.18. The number of nitrogens with one attached hydrogen (secondary N) is 1. The molecule has 1 aromatic carbocycles. The molecule has 118 valence electrons. The minimum atomic E-state index is -0.574. The molecule has 5 heteroatoms. The molecule has 1 aliphatic carbocycles. The van der Waals surface area contributed by atoms with Gasteiger partial charge in [-0.1, -0.05) is 42.6 Å². The number of rotatable bonds is 9. The number of hydrogen-bond acceptors (Lipinski definition) is 3. The molecule has 0 spiro atoms. The number of benzene rings is 1. The van der Waals surface area contributed by atoms with Crippen molar-refractivity contribution in [3.63, 3.8) is 0 Å². The first-order chi connectivity index (χ1) is 10.1. The number of aliphatic hydroxyl groups is 1. The Kier molecular flexibility index (Phi) is 6.18. The van der Waals surface area contributed by atoms with Crippen LogP contribution in [-0.4, -0.2) is 30.9 Å². The minimum absolute atomic E-state index is 0.178. The highest BCUT2D eigenvalue weighted by Gasteiger charge is 2.40. The Balaban J connectivity index is 1.69. The second-order valence-electron chi connectivity index (χ2n) is 5.90. The summed E-state index contributed by atoms with van der Waals surface area (Å²) in [7, 11) is 0. The van der Waals surface area contributed by atoms with Crippen molar-refractivity contribution in [2.45, 2.75) is 38.7 Å². The third-order valence-electron chi connectivity index (χ3n) is 3.96. The summed E-state index contributed by atoms with van der Waals surface area (Å²) in [5.41, 5.74) is 0.487. The lowest BCUT2D eigenvalue weighted by Crippen LogP contribution is -2.34. The first kappa shape index (κ1) is 16.9. The Hall–Kier alpha value is -0.480. The van der Waals surface area contributed by atoms with Gasteiger partial charge in [-0.2, -0.15) is 0 Å². The SMILES string of the molecule is CCCC1(CNCC(O)COc2c(Cl)cccc2Cl)CC1. The second-order valence-corrected chi connectivity index (χ2v) is 6.71. The van der Waals surface area contributed by atoms with Crippen molar-refractivity contribution in [3.05, 3.63) is 28.2 Å². The summed E-state index contributed by atoms with van der Waals surface area (Å²) in [5, 5.41) is 14.2. The van der Waals surface area contributed by atoms with Gasteiger partial charge in [-0.25, -0.2) is 0 Å². The van der Waals surface area contributed by atoms with Gasteiger partial charge < -0.3 is 15.2 Å². The van der Waals surface area contributed by atoms with Gasteiger partial charge in [0.1, 0.15) is 12.7 Å². The van der Waals surface area contributed by atoms with Gasteiger partial charge in [0.15, 0.2) is 5.75 Å². The molecule has 2 N–H and O–H groups in total. The number of hydrogen-bond donors (Lipinski definition) is 2. The van der Waals surface area contributed by atoms with Crippen LogP contribution in [0.3, 0.4) is 0 Å². The molecule has 1 saturated carbocycles. The van der Waals surface area contributed by atoms with Crippen LogP contribution in [0.15, 0.2) is 18.2 Å². The van der Waals surface area contributed by atoms with E-state index < -0.39 is 6.10 Å². The van der Waals surface area contributed by atoms with Gasteiger partial charge in [-0.15, -0.1) is 0 Å². The zero-order chi connectivity index (χ0) is 15.3. The van der Waals surface area contributed by atoms with Crippen molar-refractivity contribution < 1.29 is 9.84 Å². The van der Waals surface area contributed by atoms with Crippen LogP contribution in [0.1, 0.15) is 32.6 Å². The Morgan fingerprint density at radius 1 is 1.33 bits per heavy atom. The maximum Gasteiger partial charge on any atom is 0.156 e. The van der Waals surface area contributed by atoms with E-state index in [4.69, 9.17) is 27.9 Å². The van der Waals surface area contributed by atoms with E-state index in [1.54, 1.807) is 18.2 Å². The summed E-state index contributed by atoms with van der Waals surface area (Å²) in [4.78, 5) is 0. The van der Waals surface area contributed by atoms with Crippen molar-refractivity contribution in [3.8, 4) is 5.75 Å². The standard InChI is InChI=1S/C16H23Cl2NO2/c1-2-6-16(7-8-16)11-19-9-12(20)10-21-15-13(17)4-3-5-14(15)18/h3-5,12,19-20H,2,6-11H2,1H3. The lowest BCUT2D eigenvalue weighted by molar-refractivity contribution is 0.105. The van der Waals surface area contributed by atoms with Crippen LogP contribution in [0.25, 0.3) is 0 Å². The number of para-hydroxylation sites is 1. The second kappa shape index (κ2) is 7.68. The molecule has 2 rings (SSSR count). The molecule has 1 atom stereocenters. The predicted octanol–water partition coefficient (Wildman–Crippen LogP) is 3.90. The fourth-order valence-electron chi connectivity index (χ4n) is 2.59. The minimum Gasteiger partial charge on any atom is -0.488 e. The Morgan fingerprint density at radius 3 is 2.57 bits per heavy atom. The number of halogens is 2. The van der Waals surface area contributed by atoms with Crippen LogP contribution in [0, 0.1) is 5.41 Å². The molecule has 0 bridgehead atoms. The van der Waals surface area contributed by atoms with Crippen molar-refractivity contribution in [2.75, 3.05) is 19.7 Å². The van der Waals surface area contributed by atoms with Gasteiger partial charge in [0, 0.05) is 13.1 Å². The van der Waals surface area contributed by atoms with E-state index in [2.05, 4.69) is 12.2 Å². The molecule has 0 aromatic heterocycles. The molecule has 0 amide bonds. The molecular formula is C16H23Cl2NO2. The predicted molar refractivity (Wildman–Crippen MR) is 87.4 cm³/mol. The largest absolute Gasteiger partial charge is 0.488 e. The fraction of sp³-hybridized carbons (Fsp3) is 0.625. The highest BCUT2D eigenvalue weighted by atomic mass is 35.5. The number of ether oxygens (including phenoxy) is 1. The van der Waals surface area contributed by atoms with Gasteiger partial charge in [0.05, 0.1) is 10.0 Å². The first-order valence-electron chi connectivity index (χ1n) is 7.52. The average Bonchev–Trinajstić information content (AvgIpc) is 3.18. The number of aliphatic hydroxyl groups excluding tert-OH is 1. The normalized spacial score (nSPS) is 17.5. The van der Waals surface area contributed by atoms with Crippen molar-refractivity contribution in [1.82, 2.24) is 5.32 Å². The highest BCUT2D eigenvalue weighted by Crippen LogP contribution is 2.48. The van der Waals surface area contributed by atoms with Crippen LogP contribution in [0.5, 0.6) is 5.75 Å². The van der Waals surface area contributed by atoms with Crippen LogP contribution in [0.2, 0.25) is 10.0 Å². The first-order valence-corrected chi connectivity index (χ1v) is 8.27. The van der Waals surface area contributed by atoms with E-state index in [0.29, 0.717) is 27.8 Å². The quantitative estimate of drug-likeness (QED) is 0.721. The van der Waals surface area contributed by atoms with E-state index in [9.17, 15) is 5.11 Å². The summed E-state index contributed by atoms with van der Waals surface area (Å²) < 4.78 is 5.52. The van der Waals surface area contributed by atoms with Crippen molar-refractivity contribution in [1.29, 1.82) is 0 Å². The molecule has 3 nitrogen and oxygen atoms in total.